The first-order valence-electron chi connectivity index (χ1n) is 7.56. The highest BCUT2D eigenvalue weighted by molar-refractivity contribution is 7.89. The molecule has 2 aromatic rings. The molecule has 9 heteroatoms. The predicted molar refractivity (Wildman–Crippen MR) is 96.6 cm³/mol. The fraction of sp³-hybridized carbons (Fsp3) is 0.312. The molecule has 1 aromatic carbocycles. The van der Waals surface area contributed by atoms with E-state index in [1.165, 1.54) is 30.2 Å². The maximum atomic E-state index is 12.6. The minimum Gasteiger partial charge on any atom is -0.496 e. The van der Waals surface area contributed by atoms with Gasteiger partial charge in [0.25, 0.3) is 5.91 Å². The lowest BCUT2D eigenvalue weighted by Gasteiger charge is -2.21. The molecule has 1 aromatic heterocycles. The van der Waals surface area contributed by atoms with Crippen molar-refractivity contribution < 1.29 is 22.8 Å². The van der Waals surface area contributed by atoms with Gasteiger partial charge in [0.1, 0.15) is 11.8 Å². The molecule has 25 heavy (non-hydrogen) atoms. The summed E-state index contributed by atoms with van der Waals surface area (Å²) in [6.07, 6.45) is 0. The maximum absolute atomic E-state index is 12.6. The minimum atomic E-state index is -3.90. The SMILES string of the molecule is COc1ccc(S(N)(=O)=O)cc1C(=O)NC[C@H](c1cccs1)[NH+](C)C. The molecule has 7 nitrogen and oxygen atoms in total. The molecule has 136 valence electrons. The van der Waals surface area contributed by atoms with Crippen molar-refractivity contribution in [3.05, 3.63) is 46.2 Å². The van der Waals surface area contributed by atoms with Crippen LogP contribution in [0.3, 0.4) is 0 Å². The molecule has 1 amide bonds. The van der Waals surface area contributed by atoms with Gasteiger partial charge in [-0.05, 0) is 29.6 Å². The molecular weight excluding hydrogens is 362 g/mol. The van der Waals surface area contributed by atoms with Gasteiger partial charge in [-0.3, -0.25) is 4.79 Å². The number of amides is 1. The fourth-order valence-electron chi connectivity index (χ4n) is 2.41. The summed E-state index contributed by atoms with van der Waals surface area (Å²) in [5, 5.41) is 9.99. The zero-order valence-corrected chi connectivity index (χ0v) is 15.9. The van der Waals surface area contributed by atoms with Crippen molar-refractivity contribution in [2.75, 3.05) is 27.7 Å². The molecule has 4 N–H and O–H groups in total. The Morgan fingerprint density at radius 2 is 2.08 bits per heavy atom. The van der Waals surface area contributed by atoms with E-state index in [0.717, 1.165) is 4.88 Å². The number of benzene rings is 1. The van der Waals surface area contributed by atoms with Crippen LogP contribution >= 0.6 is 11.3 Å². The first kappa shape index (κ1) is 19.4. The lowest BCUT2D eigenvalue weighted by Crippen LogP contribution is -3.06. The Morgan fingerprint density at radius 1 is 1.36 bits per heavy atom. The highest BCUT2D eigenvalue weighted by Crippen LogP contribution is 2.22. The van der Waals surface area contributed by atoms with E-state index < -0.39 is 15.9 Å². The molecule has 0 saturated carbocycles. The van der Waals surface area contributed by atoms with E-state index in [1.807, 2.05) is 31.6 Å². The summed E-state index contributed by atoms with van der Waals surface area (Å²) in [5.74, 6) is -0.125. The molecule has 0 fully saturated rings. The summed E-state index contributed by atoms with van der Waals surface area (Å²) in [5.41, 5.74) is 0.132. The summed E-state index contributed by atoms with van der Waals surface area (Å²) < 4.78 is 28.2. The van der Waals surface area contributed by atoms with Crippen molar-refractivity contribution in [1.29, 1.82) is 0 Å². The van der Waals surface area contributed by atoms with Gasteiger partial charge in [-0.1, -0.05) is 6.07 Å². The van der Waals surface area contributed by atoms with Gasteiger partial charge >= 0.3 is 0 Å². The van der Waals surface area contributed by atoms with Crippen LogP contribution < -0.4 is 20.1 Å². The van der Waals surface area contributed by atoms with Gasteiger partial charge in [0, 0.05) is 0 Å². The number of carbonyl (C=O) groups is 1. The number of hydrogen-bond donors (Lipinski definition) is 3. The predicted octanol–water partition coefficient (Wildman–Crippen LogP) is 0.0197. The Bertz CT molecular complexity index is 833. The second-order valence-corrected chi connectivity index (χ2v) is 8.30. The molecule has 0 aliphatic heterocycles. The highest BCUT2D eigenvalue weighted by Gasteiger charge is 2.22. The Kier molecular flexibility index (Phi) is 6.17. The van der Waals surface area contributed by atoms with Crippen LogP contribution in [0.25, 0.3) is 0 Å². The summed E-state index contributed by atoms with van der Waals surface area (Å²) in [6, 6.07) is 8.04. The number of methoxy groups -OCH3 is 1. The molecule has 0 bridgehead atoms. The fourth-order valence-corrected chi connectivity index (χ4v) is 3.90. The number of hydrogen-bond acceptors (Lipinski definition) is 5. The monoisotopic (exact) mass is 384 g/mol. The summed E-state index contributed by atoms with van der Waals surface area (Å²) in [4.78, 5) is 14.8. The first-order chi connectivity index (χ1) is 11.7. The van der Waals surface area contributed by atoms with Crippen LogP contribution in [-0.4, -0.2) is 42.1 Å². The highest BCUT2D eigenvalue weighted by atomic mass is 32.2. The summed E-state index contributed by atoms with van der Waals surface area (Å²) in [6.45, 7) is 0.407. The van der Waals surface area contributed by atoms with Crippen LogP contribution in [0.2, 0.25) is 0 Å². The van der Waals surface area contributed by atoms with E-state index in [-0.39, 0.29) is 22.3 Å². The van der Waals surface area contributed by atoms with Gasteiger partial charge in [0.15, 0.2) is 0 Å². The van der Waals surface area contributed by atoms with Crippen LogP contribution in [0.1, 0.15) is 21.3 Å². The molecule has 0 spiro atoms. The number of sulfonamides is 1. The molecule has 0 aliphatic rings. The largest absolute Gasteiger partial charge is 0.496 e. The van der Waals surface area contributed by atoms with Crippen LogP contribution in [0.15, 0.2) is 40.6 Å². The van der Waals surface area contributed by atoms with Crippen molar-refractivity contribution in [2.45, 2.75) is 10.9 Å². The lowest BCUT2D eigenvalue weighted by atomic mass is 10.1. The Balaban J connectivity index is 2.22. The number of thiophene rings is 1. The van der Waals surface area contributed by atoms with E-state index in [4.69, 9.17) is 9.88 Å². The maximum Gasteiger partial charge on any atom is 0.255 e. The molecule has 0 saturated heterocycles. The number of carbonyl (C=O) groups excluding carboxylic acids is 1. The van der Waals surface area contributed by atoms with Gasteiger partial charge in [-0.15, -0.1) is 11.3 Å². The third-order valence-corrected chi connectivity index (χ3v) is 5.69. The van der Waals surface area contributed by atoms with E-state index in [2.05, 4.69) is 5.32 Å². The van der Waals surface area contributed by atoms with Crippen molar-refractivity contribution in [3.8, 4) is 5.75 Å². The van der Waals surface area contributed by atoms with E-state index in [1.54, 1.807) is 11.3 Å². The number of quaternary nitrogens is 1. The third kappa shape index (κ3) is 4.79. The van der Waals surface area contributed by atoms with E-state index in [9.17, 15) is 13.2 Å². The van der Waals surface area contributed by atoms with Gasteiger partial charge in [-0.2, -0.15) is 0 Å². The van der Waals surface area contributed by atoms with Gasteiger partial charge in [-0.25, -0.2) is 13.6 Å². The number of rotatable bonds is 7. The Morgan fingerprint density at radius 3 is 2.60 bits per heavy atom. The number of nitrogens with one attached hydrogen (secondary N) is 2. The van der Waals surface area contributed by atoms with Crippen LogP contribution in [-0.2, 0) is 10.0 Å². The molecule has 2 rings (SSSR count). The van der Waals surface area contributed by atoms with Gasteiger partial charge in [0.05, 0.1) is 43.1 Å². The number of likely N-dealkylation sites (N-methyl/N-ethyl adjacent to an activating group) is 1. The molecule has 0 unspecified atom stereocenters. The lowest BCUT2D eigenvalue weighted by molar-refractivity contribution is -0.890. The smallest absolute Gasteiger partial charge is 0.255 e. The van der Waals surface area contributed by atoms with Crippen LogP contribution in [0, 0.1) is 0 Å². The summed E-state index contributed by atoms with van der Waals surface area (Å²) >= 11 is 1.63. The van der Waals surface area contributed by atoms with Crippen molar-refractivity contribution >= 4 is 27.3 Å². The van der Waals surface area contributed by atoms with Gasteiger partial charge in [0.2, 0.25) is 10.0 Å². The average Bonchev–Trinajstić information content (AvgIpc) is 3.07. The van der Waals surface area contributed by atoms with E-state index >= 15 is 0 Å². The van der Waals surface area contributed by atoms with Crippen LogP contribution in [0.5, 0.6) is 5.75 Å². The number of primary sulfonamides is 1. The minimum absolute atomic E-state index is 0.0939. The average molecular weight is 385 g/mol. The first-order valence-corrected chi connectivity index (χ1v) is 9.99. The number of ether oxygens (including phenoxy) is 1. The van der Waals surface area contributed by atoms with E-state index in [0.29, 0.717) is 6.54 Å². The molecule has 1 atom stereocenters. The molecule has 0 radical (unpaired) electrons. The molecule has 1 heterocycles. The quantitative estimate of drug-likeness (QED) is 0.626. The molecular formula is C16H22N3O4S2+. The Hall–Kier alpha value is -1.94. The second-order valence-electron chi connectivity index (χ2n) is 5.76. The second kappa shape index (κ2) is 7.96. The molecule has 0 aliphatic carbocycles. The third-order valence-electron chi connectivity index (χ3n) is 3.79. The summed E-state index contributed by atoms with van der Waals surface area (Å²) in [7, 11) is 1.54. The number of nitrogens with two attached hydrogens (primary N) is 1. The standard InChI is InChI=1S/C16H21N3O4S2/c1-19(2)13(15-5-4-8-24-15)10-18-16(20)12-9-11(25(17,21)22)6-7-14(12)23-3/h4-9,13H,10H2,1-3H3,(H,18,20)(H2,17,21,22)/p+1/t13-/m1/s1. The normalized spacial score (nSPS) is 12.8. The van der Waals surface area contributed by atoms with Gasteiger partial charge < -0.3 is 15.0 Å². The van der Waals surface area contributed by atoms with Crippen molar-refractivity contribution in [2.24, 2.45) is 5.14 Å². The van der Waals surface area contributed by atoms with Crippen LogP contribution in [0.4, 0.5) is 0 Å². The zero-order chi connectivity index (χ0) is 18.6. The van der Waals surface area contributed by atoms with Crippen molar-refractivity contribution in [1.82, 2.24) is 5.32 Å². The Labute approximate surface area is 151 Å². The zero-order valence-electron chi connectivity index (χ0n) is 14.3. The topological polar surface area (TPSA) is 103 Å². The van der Waals surface area contributed by atoms with Crippen molar-refractivity contribution in [3.63, 3.8) is 0 Å².